The van der Waals surface area contributed by atoms with Crippen molar-refractivity contribution in [1.29, 1.82) is 0 Å². The molecule has 0 spiro atoms. The number of benzene rings is 1. The smallest absolute Gasteiger partial charge is 0.187 e. The van der Waals surface area contributed by atoms with E-state index in [0.717, 1.165) is 31.8 Å². The number of phenolic OH excluding ortho intramolecular Hbond substituents is 1. The molecular formula is C15H22F2N2O. The molecule has 1 saturated heterocycles. The fourth-order valence-corrected chi connectivity index (χ4v) is 2.63. The van der Waals surface area contributed by atoms with E-state index in [0.29, 0.717) is 18.2 Å². The van der Waals surface area contributed by atoms with Crippen LogP contribution in [0.25, 0.3) is 0 Å². The Labute approximate surface area is 118 Å². The van der Waals surface area contributed by atoms with Gasteiger partial charge in [-0.15, -0.1) is 0 Å². The molecule has 1 aliphatic rings. The summed E-state index contributed by atoms with van der Waals surface area (Å²) in [6.07, 6.45) is 3.81. The van der Waals surface area contributed by atoms with Gasteiger partial charge < -0.3 is 10.4 Å². The molecule has 3 nitrogen and oxygen atoms in total. The number of halogens is 2. The Balaban J connectivity index is 1.80. The lowest BCUT2D eigenvalue weighted by molar-refractivity contribution is 0.170. The first-order valence-electron chi connectivity index (χ1n) is 7.19. The van der Waals surface area contributed by atoms with Crippen LogP contribution in [0.3, 0.4) is 0 Å². The minimum Gasteiger partial charge on any atom is -0.503 e. The van der Waals surface area contributed by atoms with E-state index in [9.17, 15) is 8.78 Å². The van der Waals surface area contributed by atoms with E-state index in [4.69, 9.17) is 5.11 Å². The molecular weight excluding hydrogens is 262 g/mol. The molecule has 1 aromatic rings. The molecule has 2 rings (SSSR count). The van der Waals surface area contributed by atoms with E-state index >= 15 is 0 Å². The third kappa shape index (κ3) is 3.90. The summed E-state index contributed by atoms with van der Waals surface area (Å²) < 4.78 is 26.4. The number of aromatic hydroxyl groups is 1. The fraction of sp³-hybridized carbons (Fsp3) is 0.600. The van der Waals surface area contributed by atoms with Crippen LogP contribution >= 0.6 is 0 Å². The van der Waals surface area contributed by atoms with Gasteiger partial charge in [0.1, 0.15) is 0 Å². The highest BCUT2D eigenvalue weighted by Crippen LogP contribution is 2.21. The molecule has 20 heavy (non-hydrogen) atoms. The maximum atomic E-state index is 13.2. The normalized spacial score (nSPS) is 18.1. The van der Waals surface area contributed by atoms with Crippen molar-refractivity contribution in [2.45, 2.75) is 38.8 Å². The molecule has 1 unspecified atom stereocenters. The van der Waals surface area contributed by atoms with E-state index in [1.807, 2.05) is 0 Å². The van der Waals surface area contributed by atoms with Crippen molar-refractivity contribution in [1.82, 2.24) is 10.2 Å². The zero-order chi connectivity index (χ0) is 14.5. The predicted molar refractivity (Wildman–Crippen MR) is 74.6 cm³/mol. The van der Waals surface area contributed by atoms with Gasteiger partial charge in [-0.3, -0.25) is 4.90 Å². The number of nitrogens with zero attached hydrogens (tertiary/aromatic N) is 1. The van der Waals surface area contributed by atoms with Crippen molar-refractivity contribution >= 4 is 0 Å². The van der Waals surface area contributed by atoms with Crippen LogP contribution in [0, 0.1) is 11.6 Å². The summed E-state index contributed by atoms with van der Waals surface area (Å²) in [7, 11) is 0. The summed E-state index contributed by atoms with van der Waals surface area (Å²) in [5, 5.41) is 12.3. The summed E-state index contributed by atoms with van der Waals surface area (Å²) in [4.78, 5) is 2.44. The first kappa shape index (κ1) is 15.2. The van der Waals surface area contributed by atoms with E-state index in [1.165, 1.54) is 19.3 Å². The quantitative estimate of drug-likeness (QED) is 0.872. The van der Waals surface area contributed by atoms with Crippen LogP contribution in [0.5, 0.6) is 5.75 Å². The lowest BCUT2D eigenvalue weighted by atomic mass is 10.1. The van der Waals surface area contributed by atoms with E-state index in [1.54, 1.807) is 0 Å². The average molecular weight is 284 g/mol. The molecule has 1 fully saturated rings. The molecule has 112 valence electrons. The van der Waals surface area contributed by atoms with Gasteiger partial charge in [0.15, 0.2) is 17.4 Å². The Bertz CT molecular complexity index is 424. The zero-order valence-corrected chi connectivity index (χ0v) is 11.8. The third-order valence-corrected chi connectivity index (χ3v) is 3.86. The fourth-order valence-electron chi connectivity index (χ4n) is 2.63. The number of likely N-dealkylation sites (tertiary alicyclic amines) is 1. The Hall–Kier alpha value is -1.20. The molecule has 1 aliphatic heterocycles. The molecule has 0 saturated carbocycles. The molecule has 1 heterocycles. The largest absolute Gasteiger partial charge is 0.503 e. The number of phenols is 1. The van der Waals surface area contributed by atoms with Crippen LogP contribution in [0.15, 0.2) is 12.1 Å². The van der Waals surface area contributed by atoms with Gasteiger partial charge in [0.05, 0.1) is 0 Å². The highest BCUT2D eigenvalue weighted by atomic mass is 19.1. The molecule has 0 aliphatic carbocycles. The van der Waals surface area contributed by atoms with Gasteiger partial charge in [0.2, 0.25) is 0 Å². The van der Waals surface area contributed by atoms with Crippen molar-refractivity contribution < 1.29 is 13.9 Å². The topological polar surface area (TPSA) is 35.5 Å². The second-order valence-electron chi connectivity index (χ2n) is 5.48. The van der Waals surface area contributed by atoms with Gasteiger partial charge in [-0.05, 0) is 50.6 Å². The summed E-state index contributed by atoms with van der Waals surface area (Å²) in [6, 6.07) is 2.75. The highest BCUT2D eigenvalue weighted by molar-refractivity contribution is 5.29. The van der Waals surface area contributed by atoms with Crippen molar-refractivity contribution in [2.75, 3.05) is 19.6 Å². The van der Waals surface area contributed by atoms with Crippen molar-refractivity contribution in [3.63, 3.8) is 0 Å². The number of piperidine rings is 1. The van der Waals surface area contributed by atoms with Gasteiger partial charge in [0, 0.05) is 19.1 Å². The maximum absolute atomic E-state index is 13.2. The van der Waals surface area contributed by atoms with E-state index in [2.05, 4.69) is 17.1 Å². The summed E-state index contributed by atoms with van der Waals surface area (Å²) in [6.45, 7) is 5.60. The third-order valence-electron chi connectivity index (χ3n) is 3.86. The van der Waals surface area contributed by atoms with E-state index < -0.39 is 17.4 Å². The van der Waals surface area contributed by atoms with Crippen molar-refractivity contribution in [3.05, 3.63) is 29.3 Å². The number of rotatable bonds is 5. The van der Waals surface area contributed by atoms with Crippen molar-refractivity contribution in [3.8, 4) is 5.75 Å². The minimum atomic E-state index is -0.911. The molecule has 0 amide bonds. The molecule has 5 heteroatoms. The van der Waals surface area contributed by atoms with Crippen LogP contribution in [0.1, 0.15) is 31.7 Å². The van der Waals surface area contributed by atoms with Crippen LogP contribution < -0.4 is 5.32 Å². The molecule has 0 radical (unpaired) electrons. The van der Waals surface area contributed by atoms with Gasteiger partial charge >= 0.3 is 0 Å². The second-order valence-corrected chi connectivity index (χ2v) is 5.48. The summed E-state index contributed by atoms with van der Waals surface area (Å²) in [5.41, 5.74) is 0.503. The van der Waals surface area contributed by atoms with Crippen LogP contribution in [-0.4, -0.2) is 35.7 Å². The Kier molecular flexibility index (Phi) is 5.31. The second kappa shape index (κ2) is 6.99. The Morgan fingerprint density at radius 2 is 1.80 bits per heavy atom. The summed E-state index contributed by atoms with van der Waals surface area (Å²) >= 11 is 0. The Morgan fingerprint density at radius 1 is 1.20 bits per heavy atom. The average Bonchev–Trinajstić information content (AvgIpc) is 2.45. The summed E-state index contributed by atoms with van der Waals surface area (Å²) in [5.74, 6) is -2.73. The van der Waals surface area contributed by atoms with Gasteiger partial charge in [-0.2, -0.15) is 0 Å². The van der Waals surface area contributed by atoms with Crippen molar-refractivity contribution in [2.24, 2.45) is 0 Å². The molecule has 1 aromatic carbocycles. The van der Waals surface area contributed by atoms with E-state index in [-0.39, 0.29) is 0 Å². The lowest BCUT2D eigenvalue weighted by Gasteiger charge is -2.32. The minimum absolute atomic E-state index is 0.395. The van der Waals surface area contributed by atoms with Crippen LogP contribution in [-0.2, 0) is 6.54 Å². The Morgan fingerprint density at radius 3 is 2.40 bits per heavy atom. The first-order chi connectivity index (χ1) is 9.58. The zero-order valence-electron chi connectivity index (χ0n) is 11.8. The molecule has 0 aromatic heterocycles. The SMILES string of the molecule is CC(CNCc1cc(F)c(O)c(F)c1)N1CCCCC1. The number of hydrogen-bond acceptors (Lipinski definition) is 3. The lowest BCUT2D eigenvalue weighted by Crippen LogP contribution is -2.42. The monoisotopic (exact) mass is 284 g/mol. The molecule has 0 bridgehead atoms. The first-order valence-corrected chi connectivity index (χ1v) is 7.19. The van der Waals surface area contributed by atoms with Gasteiger partial charge in [-0.1, -0.05) is 6.42 Å². The van der Waals surface area contributed by atoms with Gasteiger partial charge in [0.25, 0.3) is 0 Å². The predicted octanol–water partition coefficient (Wildman–Crippen LogP) is 2.63. The highest BCUT2D eigenvalue weighted by Gasteiger charge is 2.16. The van der Waals surface area contributed by atoms with Gasteiger partial charge in [-0.25, -0.2) is 8.78 Å². The van der Waals surface area contributed by atoms with Crippen LogP contribution in [0.4, 0.5) is 8.78 Å². The molecule has 2 N–H and O–H groups in total. The number of hydrogen-bond donors (Lipinski definition) is 2. The maximum Gasteiger partial charge on any atom is 0.187 e. The number of nitrogens with one attached hydrogen (secondary N) is 1. The molecule has 1 atom stereocenters. The van der Waals surface area contributed by atoms with Crippen LogP contribution in [0.2, 0.25) is 0 Å². The standard InChI is InChI=1S/C15H22F2N2O/c1-11(19-5-3-2-4-6-19)9-18-10-12-7-13(16)15(20)14(17)8-12/h7-8,11,18,20H,2-6,9-10H2,1H3.